The molecule has 0 nitrogen and oxygen atoms in total. The first-order chi connectivity index (χ1) is 13.9. The molecule has 128 valence electrons. The summed E-state index contributed by atoms with van der Waals surface area (Å²) in [6.45, 7) is 0. The van der Waals surface area contributed by atoms with Crippen LogP contribution in [0.2, 0.25) is 0 Å². The average Bonchev–Trinajstić information content (AvgIpc) is 3.05. The highest BCUT2D eigenvalue weighted by Crippen LogP contribution is 2.50. The second kappa shape index (κ2) is 4.99. The first kappa shape index (κ1) is 14.4. The molecule has 0 saturated heterocycles. The van der Waals surface area contributed by atoms with Crippen LogP contribution in [-0.2, 0) is 0 Å². The molecule has 0 unspecified atom stereocenters. The van der Waals surface area contributed by atoms with Gasteiger partial charge in [-0.15, -0.1) is 0 Å². The lowest BCUT2D eigenvalue weighted by atomic mass is 9.95. The lowest BCUT2D eigenvalue weighted by Crippen LogP contribution is -1.81. The van der Waals surface area contributed by atoms with Crippen LogP contribution >= 0.6 is 0 Å². The second-order valence-electron chi connectivity index (χ2n) is 7.82. The molecule has 1 aliphatic carbocycles. The molecule has 0 bridgehead atoms. The van der Waals surface area contributed by atoms with Gasteiger partial charge in [-0.25, -0.2) is 0 Å². The van der Waals surface area contributed by atoms with E-state index < -0.39 is 0 Å². The van der Waals surface area contributed by atoms with E-state index in [9.17, 15) is 0 Å². The van der Waals surface area contributed by atoms with Crippen LogP contribution in [0.1, 0.15) is 0 Å². The fraction of sp³-hybridized carbons (Fsp3) is 0. The summed E-state index contributed by atoms with van der Waals surface area (Å²) in [6, 6.07) is 35.9. The molecule has 0 saturated carbocycles. The molecule has 7 rings (SSSR count). The Bertz CT molecular complexity index is 1600. The number of hydrogen-bond donors (Lipinski definition) is 0. The van der Waals surface area contributed by atoms with E-state index in [1.807, 2.05) is 0 Å². The molecule has 0 N–H and O–H groups in total. The highest BCUT2D eigenvalue weighted by atomic mass is 14.3. The van der Waals surface area contributed by atoms with Gasteiger partial charge in [-0.1, -0.05) is 66.7 Å². The smallest absolute Gasteiger partial charge is 0.00199 e. The number of hydrogen-bond acceptors (Lipinski definition) is 0. The zero-order valence-electron chi connectivity index (χ0n) is 15.2. The van der Waals surface area contributed by atoms with Crippen LogP contribution in [0.25, 0.3) is 65.3 Å². The van der Waals surface area contributed by atoms with E-state index in [-0.39, 0.29) is 0 Å². The molecule has 0 atom stereocenters. The Hall–Kier alpha value is -3.64. The van der Waals surface area contributed by atoms with E-state index in [0.29, 0.717) is 0 Å². The SMILES string of the molecule is c1ccc2cc3cc4c(cc3cc2c1)-c1cccc2c1c-4cc1ccccc12. The van der Waals surface area contributed by atoms with E-state index in [0.717, 1.165) is 0 Å². The first-order valence-corrected chi connectivity index (χ1v) is 9.79. The molecule has 0 radical (unpaired) electrons. The van der Waals surface area contributed by atoms with E-state index in [1.165, 1.54) is 65.3 Å². The quantitative estimate of drug-likeness (QED) is 0.192. The van der Waals surface area contributed by atoms with E-state index >= 15 is 0 Å². The lowest BCUT2D eigenvalue weighted by molar-refractivity contribution is 1.74. The van der Waals surface area contributed by atoms with E-state index in [2.05, 4.69) is 97.1 Å². The van der Waals surface area contributed by atoms with Gasteiger partial charge in [0, 0.05) is 0 Å². The van der Waals surface area contributed by atoms with Gasteiger partial charge in [-0.2, -0.15) is 0 Å². The number of rotatable bonds is 0. The normalized spacial score (nSPS) is 12.3. The summed E-state index contributed by atoms with van der Waals surface area (Å²) in [7, 11) is 0. The first-order valence-electron chi connectivity index (χ1n) is 9.79. The van der Waals surface area contributed by atoms with Crippen LogP contribution in [0.5, 0.6) is 0 Å². The van der Waals surface area contributed by atoms with E-state index in [1.54, 1.807) is 0 Å². The van der Waals surface area contributed by atoms with Gasteiger partial charge in [0.2, 0.25) is 0 Å². The molecular formula is C28H16. The summed E-state index contributed by atoms with van der Waals surface area (Å²) >= 11 is 0. The fourth-order valence-electron chi connectivity index (χ4n) is 5.04. The fourth-order valence-corrected chi connectivity index (χ4v) is 5.04. The second-order valence-corrected chi connectivity index (χ2v) is 7.82. The van der Waals surface area contributed by atoms with Crippen molar-refractivity contribution in [3.8, 4) is 22.3 Å². The van der Waals surface area contributed by atoms with Gasteiger partial charge in [0.15, 0.2) is 0 Å². The van der Waals surface area contributed by atoms with Crippen LogP contribution in [0.15, 0.2) is 97.1 Å². The van der Waals surface area contributed by atoms with E-state index in [4.69, 9.17) is 0 Å². The highest BCUT2D eigenvalue weighted by Gasteiger charge is 2.23. The van der Waals surface area contributed by atoms with Crippen molar-refractivity contribution in [3.63, 3.8) is 0 Å². The highest BCUT2D eigenvalue weighted by molar-refractivity contribution is 6.24. The Kier molecular flexibility index (Phi) is 2.57. The Labute approximate surface area is 162 Å². The van der Waals surface area contributed by atoms with Crippen molar-refractivity contribution in [3.05, 3.63) is 97.1 Å². The van der Waals surface area contributed by atoms with Crippen molar-refractivity contribution in [1.29, 1.82) is 0 Å². The van der Waals surface area contributed by atoms with Gasteiger partial charge in [-0.05, 0) is 95.7 Å². The molecule has 6 aromatic rings. The average molecular weight is 352 g/mol. The standard InChI is InChI=1S/C28H16/c1-2-7-18-13-21-16-26-25(15-20(21)12-17(18)6-1)24-11-5-10-23-22-9-4-3-8-19(22)14-27(26)28(23)24/h1-16H. The molecule has 0 heteroatoms. The monoisotopic (exact) mass is 352 g/mol. The molecule has 0 heterocycles. The minimum absolute atomic E-state index is 1.30. The summed E-state index contributed by atoms with van der Waals surface area (Å²) < 4.78 is 0. The van der Waals surface area contributed by atoms with Gasteiger partial charge < -0.3 is 0 Å². The van der Waals surface area contributed by atoms with Gasteiger partial charge in [0.1, 0.15) is 0 Å². The summed E-state index contributed by atoms with van der Waals surface area (Å²) in [6.07, 6.45) is 0. The molecular weight excluding hydrogens is 336 g/mol. The number of benzene rings is 6. The lowest BCUT2D eigenvalue weighted by Gasteiger charge is -2.08. The molecule has 0 fully saturated rings. The van der Waals surface area contributed by atoms with Gasteiger partial charge in [0.05, 0.1) is 0 Å². The van der Waals surface area contributed by atoms with Crippen molar-refractivity contribution in [2.75, 3.05) is 0 Å². The van der Waals surface area contributed by atoms with Crippen molar-refractivity contribution in [1.82, 2.24) is 0 Å². The third-order valence-corrected chi connectivity index (χ3v) is 6.31. The van der Waals surface area contributed by atoms with Gasteiger partial charge >= 0.3 is 0 Å². The van der Waals surface area contributed by atoms with Crippen LogP contribution in [0, 0.1) is 0 Å². The molecule has 28 heavy (non-hydrogen) atoms. The maximum Gasteiger partial charge on any atom is -0.00199 e. The third-order valence-electron chi connectivity index (χ3n) is 6.31. The summed E-state index contributed by atoms with van der Waals surface area (Å²) in [5, 5.41) is 10.6. The van der Waals surface area contributed by atoms with Crippen LogP contribution in [-0.4, -0.2) is 0 Å². The summed E-state index contributed by atoms with van der Waals surface area (Å²) in [5.74, 6) is 0. The Balaban J connectivity index is 1.66. The minimum Gasteiger partial charge on any atom is -0.0616 e. The summed E-state index contributed by atoms with van der Waals surface area (Å²) in [4.78, 5) is 0. The Morgan fingerprint density at radius 1 is 0.321 bits per heavy atom. The zero-order valence-corrected chi connectivity index (χ0v) is 15.2. The molecule has 1 aliphatic rings. The predicted molar refractivity (Wildman–Crippen MR) is 121 cm³/mol. The van der Waals surface area contributed by atoms with Crippen LogP contribution < -0.4 is 0 Å². The molecule has 6 aromatic carbocycles. The van der Waals surface area contributed by atoms with Crippen LogP contribution in [0.3, 0.4) is 0 Å². The largest absolute Gasteiger partial charge is 0.0616 e. The summed E-state index contributed by atoms with van der Waals surface area (Å²) in [5.41, 5.74) is 5.45. The zero-order chi connectivity index (χ0) is 18.2. The Morgan fingerprint density at radius 3 is 1.64 bits per heavy atom. The maximum absolute atomic E-state index is 2.39. The minimum atomic E-state index is 1.30. The van der Waals surface area contributed by atoms with Crippen molar-refractivity contribution >= 4 is 43.1 Å². The maximum atomic E-state index is 2.39. The number of fused-ring (bicyclic) bond motifs is 7. The van der Waals surface area contributed by atoms with Crippen LogP contribution in [0.4, 0.5) is 0 Å². The Morgan fingerprint density at radius 2 is 0.893 bits per heavy atom. The molecule has 0 spiro atoms. The molecule has 0 amide bonds. The predicted octanol–water partition coefficient (Wildman–Crippen LogP) is 7.95. The topological polar surface area (TPSA) is 0 Å². The van der Waals surface area contributed by atoms with Crippen molar-refractivity contribution in [2.24, 2.45) is 0 Å². The third kappa shape index (κ3) is 1.75. The molecule has 0 aromatic heterocycles. The van der Waals surface area contributed by atoms with Crippen molar-refractivity contribution in [2.45, 2.75) is 0 Å². The molecule has 0 aliphatic heterocycles. The van der Waals surface area contributed by atoms with Gasteiger partial charge in [-0.3, -0.25) is 0 Å². The van der Waals surface area contributed by atoms with Crippen molar-refractivity contribution < 1.29 is 0 Å². The van der Waals surface area contributed by atoms with Gasteiger partial charge in [0.25, 0.3) is 0 Å².